The first-order chi connectivity index (χ1) is 18.2. The van der Waals surface area contributed by atoms with Gasteiger partial charge in [0.2, 0.25) is 17.7 Å². The Bertz CT molecular complexity index is 1090. The molecular weight excluding hydrogens is 498 g/mol. The van der Waals surface area contributed by atoms with E-state index in [0.29, 0.717) is 31.5 Å². The molecule has 3 rings (SSSR count). The minimum atomic E-state index is -0.757. The molecular formula is C29H43N5O5. The number of carbonyl (C=O) groups is 5. The Hall–Kier alpha value is -3.43. The van der Waals surface area contributed by atoms with Crippen LogP contribution in [0.25, 0.3) is 0 Å². The monoisotopic (exact) mass is 541 g/mol. The van der Waals surface area contributed by atoms with E-state index in [1.165, 1.54) is 6.92 Å². The zero-order valence-electron chi connectivity index (χ0n) is 24.2. The van der Waals surface area contributed by atoms with Gasteiger partial charge in [0, 0.05) is 51.8 Å². The molecule has 2 heterocycles. The Morgan fingerprint density at radius 3 is 2.28 bits per heavy atom. The number of nitrogens with zero attached hydrogens (tertiary/aromatic N) is 3. The maximum Gasteiger partial charge on any atom is 0.251 e. The van der Waals surface area contributed by atoms with Gasteiger partial charge in [-0.2, -0.15) is 0 Å². The van der Waals surface area contributed by atoms with Gasteiger partial charge in [-0.3, -0.25) is 24.0 Å². The molecule has 4 unspecified atom stereocenters. The summed E-state index contributed by atoms with van der Waals surface area (Å²) >= 11 is 0. The lowest BCUT2D eigenvalue weighted by Crippen LogP contribution is -2.55. The topological polar surface area (TPSA) is 119 Å². The lowest BCUT2D eigenvalue weighted by molar-refractivity contribution is -0.140. The van der Waals surface area contributed by atoms with Crippen molar-refractivity contribution < 1.29 is 24.0 Å². The first-order valence-electron chi connectivity index (χ1n) is 13.7. The van der Waals surface area contributed by atoms with Crippen LogP contribution >= 0.6 is 0 Å². The number of Topliss-reactive ketones (excluding diaryl/α,β-unsaturated/α-hetero) is 1. The highest BCUT2D eigenvalue weighted by Crippen LogP contribution is 2.33. The van der Waals surface area contributed by atoms with Crippen LogP contribution in [0.5, 0.6) is 0 Å². The molecule has 0 bridgehead atoms. The van der Waals surface area contributed by atoms with E-state index in [1.807, 2.05) is 58.8 Å². The van der Waals surface area contributed by atoms with Crippen molar-refractivity contribution in [1.29, 1.82) is 0 Å². The van der Waals surface area contributed by atoms with Gasteiger partial charge in [0.05, 0.1) is 12.6 Å². The van der Waals surface area contributed by atoms with Gasteiger partial charge in [-0.1, -0.05) is 27.7 Å². The van der Waals surface area contributed by atoms with Crippen LogP contribution in [0.4, 0.5) is 5.69 Å². The summed E-state index contributed by atoms with van der Waals surface area (Å²) in [5.41, 5.74) is 1.06. The Morgan fingerprint density at radius 2 is 1.72 bits per heavy atom. The number of likely N-dealkylation sites (tertiary alicyclic amines) is 2. The van der Waals surface area contributed by atoms with Gasteiger partial charge in [-0.05, 0) is 48.4 Å². The minimum Gasteiger partial charge on any atom is -0.378 e. The Balaban J connectivity index is 1.53. The van der Waals surface area contributed by atoms with Crippen LogP contribution in [-0.2, 0) is 19.2 Å². The average molecular weight is 542 g/mol. The summed E-state index contributed by atoms with van der Waals surface area (Å²) < 4.78 is 0. The number of ketones is 1. The van der Waals surface area contributed by atoms with Gasteiger partial charge in [0.15, 0.2) is 5.78 Å². The SMILES string of the molecule is CC(=O)NC(C(=O)N1CC(=O)C2C1CCN2C(=O)CC(C)CCNC(=O)c1ccc(N(C)C)cc1)C(C)(C)C. The van der Waals surface area contributed by atoms with Crippen LogP contribution in [0.3, 0.4) is 0 Å². The van der Waals surface area contributed by atoms with E-state index in [9.17, 15) is 24.0 Å². The maximum absolute atomic E-state index is 13.4. The lowest BCUT2D eigenvalue weighted by atomic mass is 9.85. The number of amides is 4. The Kier molecular flexibility index (Phi) is 9.40. The largest absolute Gasteiger partial charge is 0.378 e. The van der Waals surface area contributed by atoms with E-state index in [2.05, 4.69) is 10.6 Å². The van der Waals surface area contributed by atoms with E-state index in [1.54, 1.807) is 21.9 Å². The number of rotatable bonds is 9. The molecule has 10 nitrogen and oxygen atoms in total. The summed E-state index contributed by atoms with van der Waals surface area (Å²) in [4.78, 5) is 68.9. The van der Waals surface area contributed by atoms with Crippen molar-refractivity contribution in [3.05, 3.63) is 29.8 Å². The first-order valence-corrected chi connectivity index (χ1v) is 13.7. The number of hydrogen-bond acceptors (Lipinski definition) is 6. The average Bonchev–Trinajstić information content (AvgIpc) is 3.42. The normalized spacial score (nSPS) is 20.3. The van der Waals surface area contributed by atoms with E-state index >= 15 is 0 Å². The van der Waals surface area contributed by atoms with Crippen molar-refractivity contribution in [2.24, 2.45) is 11.3 Å². The van der Waals surface area contributed by atoms with Crippen LogP contribution < -0.4 is 15.5 Å². The molecule has 2 aliphatic heterocycles. The molecule has 0 aliphatic carbocycles. The van der Waals surface area contributed by atoms with E-state index in [-0.39, 0.29) is 54.3 Å². The second-order valence-electron chi connectivity index (χ2n) is 12.1. The molecule has 2 N–H and O–H groups in total. The third-order valence-electron chi connectivity index (χ3n) is 7.58. The molecule has 0 radical (unpaired) electrons. The van der Waals surface area contributed by atoms with Gasteiger partial charge >= 0.3 is 0 Å². The predicted molar refractivity (Wildman–Crippen MR) is 149 cm³/mol. The molecule has 10 heteroatoms. The number of benzene rings is 1. The molecule has 0 spiro atoms. The van der Waals surface area contributed by atoms with Crippen LogP contribution in [0.2, 0.25) is 0 Å². The van der Waals surface area contributed by atoms with Crippen molar-refractivity contribution >= 4 is 35.1 Å². The standard InChI is InChI=1S/C29H43N5O5/c1-18(12-14-30-27(38)20-8-10-21(11-9-20)32(6)7)16-24(37)33-15-13-22-25(33)23(36)17-34(22)28(39)26(29(3,4)5)31-19(2)35/h8-11,18,22,25-26H,12-17H2,1-7H3,(H,30,38)(H,31,35). The first kappa shape index (κ1) is 30.1. The van der Waals surface area contributed by atoms with Crippen molar-refractivity contribution in [2.45, 2.75) is 72.0 Å². The molecule has 39 heavy (non-hydrogen) atoms. The van der Waals surface area contributed by atoms with Crippen molar-refractivity contribution in [3.63, 3.8) is 0 Å². The summed E-state index contributed by atoms with van der Waals surface area (Å²) in [5, 5.41) is 5.66. The van der Waals surface area contributed by atoms with E-state index in [4.69, 9.17) is 0 Å². The number of anilines is 1. The Labute approximate surface area is 231 Å². The van der Waals surface area contributed by atoms with Gasteiger partial charge < -0.3 is 25.3 Å². The van der Waals surface area contributed by atoms with Gasteiger partial charge in [-0.15, -0.1) is 0 Å². The summed E-state index contributed by atoms with van der Waals surface area (Å²) in [6, 6.07) is 5.58. The van der Waals surface area contributed by atoms with Gasteiger partial charge in [0.1, 0.15) is 12.1 Å². The fourth-order valence-corrected chi connectivity index (χ4v) is 5.37. The van der Waals surface area contributed by atoms with Crippen LogP contribution in [0.1, 0.15) is 64.2 Å². The van der Waals surface area contributed by atoms with Gasteiger partial charge in [0.25, 0.3) is 5.91 Å². The summed E-state index contributed by atoms with van der Waals surface area (Å²) in [6.07, 6.45) is 1.41. The van der Waals surface area contributed by atoms with Gasteiger partial charge in [-0.25, -0.2) is 0 Å². The van der Waals surface area contributed by atoms with Crippen LogP contribution in [-0.4, -0.2) is 91.1 Å². The van der Waals surface area contributed by atoms with Crippen molar-refractivity contribution in [1.82, 2.24) is 20.4 Å². The highest BCUT2D eigenvalue weighted by molar-refractivity contribution is 5.99. The van der Waals surface area contributed by atoms with E-state index in [0.717, 1.165) is 5.69 Å². The molecule has 2 saturated heterocycles. The maximum atomic E-state index is 13.4. The second-order valence-corrected chi connectivity index (χ2v) is 12.1. The van der Waals surface area contributed by atoms with Crippen LogP contribution in [0, 0.1) is 11.3 Å². The van der Waals surface area contributed by atoms with E-state index < -0.39 is 17.5 Å². The highest BCUT2D eigenvalue weighted by atomic mass is 16.2. The smallest absolute Gasteiger partial charge is 0.251 e. The number of hydrogen-bond donors (Lipinski definition) is 2. The predicted octanol–water partition coefficient (Wildman–Crippen LogP) is 1.83. The third kappa shape index (κ3) is 7.16. The number of carbonyl (C=O) groups excluding carboxylic acids is 5. The quantitative estimate of drug-likeness (QED) is 0.492. The number of nitrogens with one attached hydrogen (secondary N) is 2. The van der Waals surface area contributed by atoms with Crippen molar-refractivity contribution in [2.75, 3.05) is 38.6 Å². The molecule has 4 amide bonds. The highest BCUT2D eigenvalue weighted by Gasteiger charge is 2.53. The zero-order chi connectivity index (χ0) is 29.1. The Morgan fingerprint density at radius 1 is 1.08 bits per heavy atom. The summed E-state index contributed by atoms with van der Waals surface area (Å²) in [7, 11) is 3.88. The summed E-state index contributed by atoms with van der Waals surface area (Å²) in [6.45, 7) is 9.74. The second kappa shape index (κ2) is 12.2. The molecule has 2 fully saturated rings. The van der Waals surface area contributed by atoms with Crippen LogP contribution in [0.15, 0.2) is 24.3 Å². The number of fused-ring (bicyclic) bond motifs is 1. The minimum absolute atomic E-state index is 0.00671. The fourth-order valence-electron chi connectivity index (χ4n) is 5.37. The fraction of sp³-hybridized carbons (Fsp3) is 0.621. The molecule has 1 aromatic carbocycles. The molecule has 0 aromatic heterocycles. The lowest BCUT2D eigenvalue weighted by Gasteiger charge is -2.35. The molecule has 4 atom stereocenters. The molecule has 214 valence electrons. The summed E-state index contributed by atoms with van der Waals surface area (Å²) in [5.74, 6) is -0.996. The third-order valence-corrected chi connectivity index (χ3v) is 7.58. The molecule has 1 aromatic rings. The zero-order valence-corrected chi connectivity index (χ0v) is 24.2. The van der Waals surface area contributed by atoms with Crippen molar-refractivity contribution in [3.8, 4) is 0 Å². The molecule has 2 aliphatic rings. The molecule has 0 saturated carbocycles.